The third-order valence-electron chi connectivity index (χ3n) is 6.60. The smallest absolute Gasteiger partial charge is 0.285 e. The zero-order valence-electron chi connectivity index (χ0n) is 18.5. The minimum Gasteiger partial charge on any atom is -0.376 e. The van der Waals surface area contributed by atoms with Crippen molar-refractivity contribution in [3.63, 3.8) is 0 Å². The van der Waals surface area contributed by atoms with Crippen LogP contribution in [0.1, 0.15) is 49.3 Å². The molecule has 0 spiro atoms. The van der Waals surface area contributed by atoms with E-state index in [-0.39, 0.29) is 17.9 Å². The summed E-state index contributed by atoms with van der Waals surface area (Å²) in [5.74, 6) is 0.533. The second-order valence-corrected chi connectivity index (χ2v) is 10.3. The van der Waals surface area contributed by atoms with Gasteiger partial charge in [0.1, 0.15) is 10.7 Å². The number of benzene rings is 1. The molecule has 7 nitrogen and oxygen atoms in total. The zero-order chi connectivity index (χ0) is 22.2. The van der Waals surface area contributed by atoms with E-state index in [2.05, 4.69) is 9.71 Å². The molecule has 3 heterocycles. The number of carbonyl (C=O) groups is 1. The first kappa shape index (κ1) is 22.0. The van der Waals surface area contributed by atoms with Crippen molar-refractivity contribution in [3.8, 4) is 0 Å². The highest BCUT2D eigenvalue weighted by Crippen LogP contribution is 2.35. The summed E-state index contributed by atoms with van der Waals surface area (Å²) in [5, 5.41) is 3.02. The van der Waals surface area contributed by atoms with Gasteiger partial charge < -0.3 is 15.0 Å². The molecule has 2 fully saturated rings. The van der Waals surface area contributed by atoms with Crippen molar-refractivity contribution in [2.45, 2.75) is 52.6 Å². The van der Waals surface area contributed by atoms with E-state index in [1.807, 2.05) is 43.9 Å². The summed E-state index contributed by atoms with van der Waals surface area (Å²) < 4.78 is 35.4. The van der Waals surface area contributed by atoms with E-state index in [1.54, 1.807) is 0 Å². The maximum atomic E-state index is 12.9. The van der Waals surface area contributed by atoms with Gasteiger partial charge in [0.05, 0.1) is 6.10 Å². The fraction of sp³-hybridized carbons (Fsp3) is 0.565. The highest BCUT2D eigenvalue weighted by molar-refractivity contribution is 8.00. The van der Waals surface area contributed by atoms with Crippen molar-refractivity contribution in [2.75, 3.05) is 26.2 Å². The minimum absolute atomic E-state index is 0.0558. The van der Waals surface area contributed by atoms with Gasteiger partial charge >= 0.3 is 0 Å². The Labute approximate surface area is 184 Å². The van der Waals surface area contributed by atoms with Crippen LogP contribution in [0.4, 0.5) is 0 Å². The predicted molar refractivity (Wildman–Crippen MR) is 121 cm³/mol. The Morgan fingerprint density at radius 2 is 1.90 bits per heavy atom. The van der Waals surface area contributed by atoms with Gasteiger partial charge in [-0.05, 0) is 63.1 Å². The number of likely N-dealkylation sites (tertiary alicyclic amines) is 1. The zero-order valence-corrected chi connectivity index (χ0v) is 19.3. The Hall–Kier alpha value is -2.19. The van der Waals surface area contributed by atoms with Crippen LogP contribution in [0.25, 0.3) is 4.91 Å². The third kappa shape index (κ3) is 4.55. The number of amides is 1. The molecule has 2 saturated heterocycles. The Bertz CT molecular complexity index is 1030. The second-order valence-electron chi connectivity index (χ2n) is 8.78. The van der Waals surface area contributed by atoms with Gasteiger partial charge in [0.2, 0.25) is 5.91 Å². The van der Waals surface area contributed by atoms with Crippen molar-refractivity contribution < 1.29 is 17.9 Å². The van der Waals surface area contributed by atoms with Crippen molar-refractivity contribution in [1.82, 2.24) is 10.2 Å². The standard InChI is InChI=1S/C23H31N3O4S/c1-15-6-7-19(13-16(15)2)21-17(3)22(25-31(21,28)29)26-10-8-18(9-11-26)23(27)24-14-20-5-4-12-30-20/h6-7,13,18,20H,4-5,8-12,14H2,1-3H3,(H,24,27)/t20-/m1/s1. The summed E-state index contributed by atoms with van der Waals surface area (Å²) in [7, 11) is -3.73. The van der Waals surface area contributed by atoms with Gasteiger partial charge in [-0.1, -0.05) is 18.2 Å². The summed E-state index contributed by atoms with van der Waals surface area (Å²) in [6.45, 7) is 8.40. The molecule has 1 amide bonds. The molecule has 31 heavy (non-hydrogen) atoms. The predicted octanol–water partition coefficient (Wildman–Crippen LogP) is 2.78. The van der Waals surface area contributed by atoms with Gasteiger partial charge in [0.25, 0.3) is 10.0 Å². The van der Waals surface area contributed by atoms with Crippen LogP contribution in [-0.4, -0.2) is 57.4 Å². The average Bonchev–Trinajstić information content (AvgIpc) is 3.34. The number of aryl methyl sites for hydroxylation is 2. The minimum atomic E-state index is -3.73. The van der Waals surface area contributed by atoms with E-state index >= 15 is 0 Å². The van der Waals surface area contributed by atoms with Crippen molar-refractivity contribution in [1.29, 1.82) is 0 Å². The summed E-state index contributed by atoms with van der Waals surface area (Å²) in [4.78, 5) is 14.8. The molecule has 1 aromatic carbocycles. The SMILES string of the molecule is CC1=C(c2ccc(C)c(C)c2)S(=O)(=O)N=C1N1CCC(C(=O)NC[C@H]2CCCO2)CC1. The van der Waals surface area contributed by atoms with Crippen molar-refractivity contribution in [3.05, 3.63) is 40.5 Å². The highest BCUT2D eigenvalue weighted by atomic mass is 32.2. The lowest BCUT2D eigenvalue weighted by atomic mass is 9.95. The number of rotatable bonds is 4. The molecule has 8 heteroatoms. The first-order chi connectivity index (χ1) is 14.8. The molecule has 1 N–H and O–H groups in total. The van der Waals surface area contributed by atoms with E-state index < -0.39 is 10.0 Å². The molecule has 0 saturated carbocycles. The molecule has 0 unspecified atom stereocenters. The first-order valence-corrected chi connectivity index (χ1v) is 12.5. The number of hydrogen-bond acceptors (Lipinski definition) is 5. The van der Waals surface area contributed by atoms with E-state index in [1.165, 1.54) is 0 Å². The number of ether oxygens (including phenoxy) is 1. The number of nitrogens with zero attached hydrogens (tertiary/aromatic N) is 2. The molecule has 1 aromatic rings. The number of amidine groups is 1. The molecule has 0 aromatic heterocycles. The molecule has 3 aliphatic rings. The van der Waals surface area contributed by atoms with E-state index in [9.17, 15) is 13.2 Å². The van der Waals surface area contributed by atoms with Crippen molar-refractivity contribution in [2.24, 2.45) is 10.3 Å². The topological polar surface area (TPSA) is 88.1 Å². The number of piperidine rings is 1. The highest BCUT2D eigenvalue weighted by Gasteiger charge is 2.36. The lowest BCUT2D eigenvalue weighted by Crippen LogP contribution is -2.44. The first-order valence-electron chi connectivity index (χ1n) is 11.0. The van der Waals surface area contributed by atoms with Crippen LogP contribution in [0, 0.1) is 19.8 Å². The quantitative estimate of drug-likeness (QED) is 0.770. The van der Waals surface area contributed by atoms with Gasteiger partial charge in [-0.2, -0.15) is 8.42 Å². The summed E-state index contributed by atoms with van der Waals surface area (Å²) >= 11 is 0. The maximum absolute atomic E-state index is 12.9. The van der Waals surface area contributed by atoms with Crippen LogP contribution in [0.3, 0.4) is 0 Å². The molecular weight excluding hydrogens is 414 g/mol. The average molecular weight is 446 g/mol. The van der Waals surface area contributed by atoms with Gasteiger partial charge in [-0.15, -0.1) is 4.40 Å². The number of sulfonamides is 1. The third-order valence-corrected chi connectivity index (χ3v) is 8.07. The summed E-state index contributed by atoms with van der Waals surface area (Å²) in [6, 6.07) is 5.70. The van der Waals surface area contributed by atoms with Crippen LogP contribution >= 0.6 is 0 Å². The lowest BCUT2D eigenvalue weighted by molar-refractivity contribution is -0.126. The lowest BCUT2D eigenvalue weighted by Gasteiger charge is -2.33. The number of carbonyl (C=O) groups excluding carboxylic acids is 1. The molecule has 4 rings (SSSR count). The number of nitrogens with one attached hydrogen (secondary N) is 1. The van der Waals surface area contributed by atoms with Crippen LogP contribution in [0.5, 0.6) is 0 Å². The molecule has 0 bridgehead atoms. The van der Waals surface area contributed by atoms with E-state index in [0.29, 0.717) is 54.4 Å². The van der Waals surface area contributed by atoms with Gasteiger partial charge in [0, 0.05) is 37.7 Å². The summed E-state index contributed by atoms with van der Waals surface area (Å²) in [6.07, 6.45) is 3.56. The van der Waals surface area contributed by atoms with E-state index in [4.69, 9.17) is 4.74 Å². The van der Waals surface area contributed by atoms with Gasteiger partial charge in [-0.25, -0.2) is 0 Å². The monoisotopic (exact) mass is 445 g/mol. The second kappa shape index (κ2) is 8.74. The fourth-order valence-corrected chi connectivity index (χ4v) is 6.06. The van der Waals surface area contributed by atoms with Crippen LogP contribution < -0.4 is 5.32 Å². The van der Waals surface area contributed by atoms with E-state index in [0.717, 1.165) is 30.6 Å². The molecule has 3 aliphatic heterocycles. The maximum Gasteiger partial charge on any atom is 0.285 e. The van der Waals surface area contributed by atoms with Gasteiger partial charge in [0.15, 0.2) is 0 Å². The molecule has 0 aliphatic carbocycles. The number of hydrogen-bond donors (Lipinski definition) is 1. The van der Waals surface area contributed by atoms with Crippen LogP contribution in [-0.2, 0) is 19.6 Å². The Kier molecular flexibility index (Phi) is 6.21. The Morgan fingerprint density at radius 1 is 1.16 bits per heavy atom. The van der Waals surface area contributed by atoms with Crippen LogP contribution in [0.2, 0.25) is 0 Å². The largest absolute Gasteiger partial charge is 0.376 e. The Balaban J connectivity index is 1.42. The molecule has 0 radical (unpaired) electrons. The molecular formula is C23H31N3O4S. The normalized spacial score (nSPS) is 23.9. The molecule has 168 valence electrons. The van der Waals surface area contributed by atoms with Crippen molar-refractivity contribution >= 4 is 26.7 Å². The van der Waals surface area contributed by atoms with Crippen LogP contribution in [0.15, 0.2) is 28.2 Å². The van der Waals surface area contributed by atoms with Gasteiger partial charge in [-0.3, -0.25) is 4.79 Å². The molecule has 1 atom stereocenters. The fourth-order valence-electron chi connectivity index (χ4n) is 4.58. The summed E-state index contributed by atoms with van der Waals surface area (Å²) in [5.41, 5.74) is 3.54. The Morgan fingerprint density at radius 3 is 2.55 bits per heavy atom.